The van der Waals surface area contributed by atoms with Gasteiger partial charge in [-0.1, -0.05) is 35.9 Å². The zero-order valence-corrected chi connectivity index (χ0v) is 20.1. The monoisotopic (exact) mass is 473 g/mol. The van der Waals surface area contributed by atoms with E-state index in [2.05, 4.69) is 0 Å². The molecule has 1 aliphatic rings. The molecule has 7 nitrogen and oxygen atoms in total. The summed E-state index contributed by atoms with van der Waals surface area (Å²) in [6.45, 7) is 4.26. The quantitative estimate of drug-likeness (QED) is 0.294. The minimum absolute atomic E-state index is 0.00497. The third-order valence-corrected chi connectivity index (χ3v) is 5.87. The minimum atomic E-state index is -0.833. The molecule has 1 aliphatic heterocycles. The molecule has 3 aromatic carbocycles. The van der Waals surface area contributed by atoms with Crippen molar-refractivity contribution in [3.8, 4) is 17.2 Å². The fourth-order valence-electron chi connectivity index (χ4n) is 4.28. The van der Waals surface area contributed by atoms with E-state index in [0.717, 1.165) is 5.56 Å². The highest BCUT2D eigenvalue weighted by molar-refractivity contribution is 6.51. The van der Waals surface area contributed by atoms with Crippen molar-refractivity contribution in [2.45, 2.75) is 19.9 Å². The number of hydrogen-bond acceptors (Lipinski definition) is 6. The summed E-state index contributed by atoms with van der Waals surface area (Å²) in [5.74, 6) is -0.346. The van der Waals surface area contributed by atoms with Crippen LogP contribution >= 0.6 is 0 Å². The Morgan fingerprint density at radius 1 is 0.943 bits per heavy atom. The number of benzene rings is 3. The molecule has 1 atom stereocenters. The van der Waals surface area contributed by atoms with E-state index in [9.17, 15) is 14.7 Å². The topological polar surface area (TPSA) is 85.3 Å². The smallest absolute Gasteiger partial charge is 0.300 e. The molecule has 0 radical (unpaired) electrons. The first-order valence-electron chi connectivity index (χ1n) is 11.2. The van der Waals surface area contributed by atoms with Crippen molar-refractivity contribution in [2.75, 3.05) is 25.7 Å². The number of anilines is 1. The van der Waals surface area contributed by atoms with Gasteiger partial charge < -0.3 is 19.3 Å². The summed E-state index contributed by atoms with van der Waals surface area (Å²) in [6, 6.07) is 18.5. The molecule has 0 aromatic heterocycles. The van der Waals surface area contributed by atoms with Gasteiger partial charge in [0.15, 0.2) is 11.5 Å². The predicted molar refractivity (Wildman–Crippen MR) is 133 cm³/mol. The van der Waals surface area contributed by atoms with Crippen LogP contribution in [0.15, 0.2) is 72.3 Å². The van der Waals surface area contributed by atoms with E-state index in [1.54, 1.807) is 42.5 Å². The Morgan fingerprint density at radius 3 is 2.37 bits per heavy atom. The summed E-state index contributed by atoms with van der Waals surface area (Å²) in [7, 11) is 3.00. The molecule has 0 spiro atoms. The highest BCUT2D eigenvalue weighted by atomic mass is 16.5. The average Bonchev–Trinajstić information content (AvgIpc) is 3.13. The van der Waals surface area contributed by atoms with E-state index in [4.69, 9.17) is 14.2 Å². The Balaban J connectivity index is 1.93. The minimum Gasteiger partial charge on any atom is -0.507 e. The van der Waals surface area contributed by atoms with Gasteiger partial charge in [-0.3, -0.25) is 14.5 Å². The van der Waals surface area contributed by atoms with Crippen LogP contribution in [0.5, 0.6) is 17.2 Å². The van der Waals surface area contributed by atoms with Crippen LogP contribution < -0.4 is 19.1 Å². The predicted octanol–water partition coefficient (Wildman–Crippen LogP) is 5.04. The van der Waals surface area contributed by atoms with Crippen molar-refractivity contribution in [1.82, 2.24) is 0 Å². The molecule has 1 fully saturated rings. The molecule has 7 heteroatoms. The van der Waals surface area contributed by atoms with Crippen LogP contribution in [-0.4, -0.2) is 37.6 Å². The van der Waals surface area contributed by atoms with Crippen LogP contribution in [0.4, 0.5) is 5.69 Å². The van der Waals surface area contributed by atoms with Gasteiger partial charge in [-0.15, -0.1) is 0 Å². The maximum absolute atomic E-state index is 13.4. The molecule has 35 heavy (non-hydrogen) atoms. The van der Waals surface area contributed by atoms with Crippen LogP contribution in [0.25, 0.3) is 5.76 Å². The second kappa shape index (κ2) is 9.93. The molecular weight excluding hydrogens is 446 g/mol. The Hall–Kier alpha value is -4.26. The van der Waals surface area contributed by atoms with Gasteiger partial charge >= 0.3 is 0 Å². The van der Waals surface area contributed by atoms with Crippen molar-refractivity contribution in [1.29, 1.82) is 0 Å². The highest BCUT2D eigenvalue weighted by Gasteiger charge is 2.47. The summed E-state index contributed by atoms with van der Waals surface area (Å²) >= 11 is 0. The van der Waals surface area contributed by atoms with Crippen molar-refractivity contribution in [3.63, 3.8) is 0 Å². The zero-order valence-electron chi connectivity index (χ0n) is 20.1. The van der Waals surface area contributed by atoms with Crippen molar-refractivity contribution in [2.24, 2.45) is 0 Å². The standard InChI is InChI=1S/C28H27NO6/c1-5-35-21-11-7-10-20(16-21)29-25(18-9-6-8-17(2)14-18)24(27(31)28(29)32)26(30)19-12-13-22(33-3)23(15-19)34-4/h6-16,25,30H,5H2,1-4H3/b26-24+. The molecule has 1 amide bonds. The average molecular weight is 474 g/mol. The summed E-state index contributed by atoms with van der Waals surface area (Å²) in [5.41, 5.74) is 2.49. The summed E-state index contributed by atoms with van der Waals surface area (Å²) in [4.78, 5) is 28.1. The van der Waals surface area contributed by atoms with Gasteiger partial charge in [-0.2, -0.15) is 0 Å². The van der Waals surface area contributed by atoms with Gasteiger partial charge in [-0.05, 0) is 49.7 Å². The maximum atomic E-state index is 13.4. The number of aliphatic hydroxyl groups excluding tert-OH is 1. The molecule has 0 bridgehead atoms. The van der Waals surface area contributed by atoms with E-state index >= 15 is 0 Å². The number of ether oxygens (including phenoxy) is 3. The number of methoxy groups -OCH3 is 2. The first-order chi connectivity index (χ1) is 16.9. The molecular formula is C28H27NO6. The number of Topliss-reactive ketones (excluding diaryl/α,β-unsaturated/α-hetero) is 1. The summed E-state index contributed by atoms with van der Waals surface area (Å²) in [6.07, 6.45) is 0. The number of nitrogens with zero attached hydrogens (tertiary/aromatic N) is 1. The van der Waals surface area contributed by atoms with Gasteiger partial charge in [0.1, 0.15) is 11.5 Å². The molecule has 180 valence electrons. The number of aryl methyl sites for hydroxylation is 1. The van der Waals surface area contributed by atoms with E-state index in [1.165, 1.54) is 19.1 Å². The van der Waals surface area contributed by atoms with Crippen molar-refractivity contribution >= 4 is 23.1 Å². The fraction of sp³-hybridized carbons (Fsp3) is 0.214. The van der Waals surface area contributed by atoms with Crippen LogP contribution in [-0.2, 0) is 9.59 Å². The van der Waals surface area contributed by atoms with Crippen LogP contribution in [0.2, 0.25) is 0 Å². The number of hydrogen-bond donors (Lipinski definition) is 1. The second-order valence-corrected chi connectivity index (χ2v) is 8.08. The Morgan fingerprint density at radius 2 is 1.69 bits per heavy atom. The van der Waals surface area contributed by atoms with Gasteiger partial charge in [0.25, 0.3) is 11.7 Å². The number of carbonyl (C=O) groups excluding carboxylic acids is 2. The van der Waals surface area contributed by atoms with Gasteiger partial charge in [-0.25, -0.2) is 0 Å². The molecule has 4 rings (SSSR count). The molecule has 1 heterocycles. The van der Waals surface area contributed by atoms with Gasteiger partial charge in [0.2, 0.25) is 0 Å². The van der Waals surface area contributed by atoms with Crippen LogP contribution in [0.3, 0.4) is 0 Å². The second-order valence-electron chi connectivity index (χ2n) is 8.08. The number of rotatable bonds is 7. The summed E-state index contributed by atoms with van der Waals surface area (Å²) < 4.78 is 16.2. The van der Waals surface area contributed by atoms with E-state index in [1.807, 2.05) is 38.1 Å². The molecule has 1 N–H and O–H groups in total. The van der Waals surface area contributed by atoms with E-state index in [-0.39, 0.29) is 11.3 Å². The van der Waals surface area contributed by atoms with E-state index < -0.39 is 17.7 Å². The lowest BCUT2D eigenvalue weighted by Gasteiger charge is -2.26. The molecule has 1 saturated heterocycles. The first kappa shape index (κ1) is 23.9. The Kier molecular flexibility index (Phi) is 6.78. The lowest BCUT2D eigenvalue weighted by molar-refractivity contribution is -0.132. The van der Waals surface area contributed by atoms with Crippen LogP contribution in [0, 0.1) is 6.92 Å². The van der Waals surface area contributed by atoms with E-state index in [0.29, 0.717) is 40.7 Å². The highest BCUT2D eigenvalue weighted by Crippen LogP contribution is 2.43. The lowest BCUT2D eigenvalue weighted by atomic mass is 9.94. The number of aliphatic hydroxyl groups is 1. The third kappa shape index (κ3) is 4.45. The maximum Gasteiger partial charge on any atom is 0.300 e. The molecule has 3 aromatic rings. The SMILES string of the molecule is CCOc1cccc(N2C(=O)C(=O)/C(=C(/O)c3ccc(OC)c(OC)c3)C2c2cccc(C)c2)c1. The van der Waals surface area contributed by atoms with Gasteiger partial charge in [0.05, 0.1) is 32.4 Å². The Labute approximate surface area is 204 Å². The first-order valence-corrected chi connectivity index (χ1v) is 11.2. The molecule has 1 unspecified atom stereocenters. The fourth-order valence-corrected chi connectivity index (χ4v) is 4.28. The van der Waals surface area contributed by atoms with Crippen LogP contribution in [0.1, 0.15) is 29.7 Å². The number of carbonyl (C=O) groups is 2. The largest absolute Gasteiger partial charge is 0.507 e. The zero-order chi connectivity index (χ0) is 25.1. The van der Waals surface area contributed by atoms with Crippen molar-refractivity contribution in [3.05, 3.63) is 89.0 Å². The van der Waals surface area contributed by atoms with Crippen molar-refractivity contribution < 1.29 is 28.9 Å². The normalized spacial score (nSPS) is 16.9. The lowest BCUT2D eigenvalue weighted by Crippen LogP contribution is -2.29. The summed E-state index contributed by atoms with van der Waals surface area (Å²) in [5, 5.41) is 11.4. The Bertz CT molecular complexity index is 1310. The number of amides is 1. The number of ketones is 1. The molecule has 0 aliphatic carbocycles. The molecule has 0 saturated carbocycles. The third-order valence-electron chi connectivity index (χ3n) is 5.87. The van der Waals surface area contributed by atoms with Gasteiger partial charge in [0, 0.05) is 17.3 Å².